The van der Waals surface area contributed by atoms with Crippen LogP contribution in [0.5, 0.6) is 0 Å². The molecule has 0 aromatic carbocycles. The summed E-state index contributed by atoms with van der Waals surface area (Å²) in [6, 6.07) is 2.28. The van der Waals surface area contributed by atoms with Crippen LogP contribution in [0.25, 0.3) is 0 Å². The molecule has 2 atom stereocenters. The van der Waals surface area contributed by atoms with Crippen molar-refractivity contribution in [2.75, 3.05) is 0 Å². The normalized spacial score (nSPS) is 40.7. The predicted molar refractivity (Wildman–Crippen MR) is 40.2 cm³/mol. The molecule has 0 aromatic rings. The van der Waals surface area contributed by atoms with Gasteiger partial charge in [0.15, 0.2) is 0 Å². The molecule has 1 aliphatic carbocycles. The van der Waals surface area contributed by atoms with Crippen molar-refractivity contribution in [2.45, 2.75) is 38.1 Å². The third-order valence-corrected chi connectivity index (χ3v) is 2.20. The first kappa shape index (κ1) is 7.56. The van der Waals surface area contributed by atoms with E-state index in [1.165, 1.54) is 0 Å². The second-order valence-corrected chi connectivity index (χ2v) is 3.58. The van der Waals surface area contributed by atoms with Gasteiger partial charge in [-0.05, 0) is 26.2 Å². The second kappa shape index (κ2) is 2.59. The van der Waals surface area contributed by atoms with Crippen LogP contribution in [-0.2, 0) is 0 Å². The van der Waals surface area contributed by atoms with Gasteiger partial charge >= 0.3 is 0 Å². The molecule has 0 radical (unpaired) electrons. The molecule has 0 heterocycles. The zero-order valence-corrected chi connectivity index (χ0v) is 6.43. The predicted octanol–water partition coefficient (Wildman–Crippen LogP) is 1.42. The lowest BCUT2D eigenvalue weighted by atomic mass is 9.78. The van der Waals surface area contributed by atoms with E-state index < -0.39 is 0 Å². The number of hydrogen-bond donors (Lipinski definition) is 1. The summed E-state index contributed by atoms with van der Waals surface area (Å²) in [5.74, 6) is 0.212. The van der Waals surface area contributed by atoms with Crippen LogP contribution in [0, 0.1) is 17.2 Å². The van der Waals surface area contributed by atoms with E-state index in [0.717, 1.165) is 25.7 Å². The quantitative estimate of drug-likeness (QED) is 0.550. The highest BCUT2D eigenvalue weighted by Gasteiger charge is 2.27. The van der Waals surface area contributed by atoms with Crippen LogP contribution in [0.2, 0.25) is 0 Å². The highest BCUT2D eigenvalue weighted by molar-refractivity contribution is 4.95. The number of hydrogen-bond acceptors (Lipinski definition) is 2. The Hall–Kier alpha value is -0.550. The monoisotopic (exact) mass is 138 g/mol. The third-order valence-electron chi connectivity index (χ3n) is 2.20. The van der Waals surface area contributed by atoms with Gasteiger partial charge in [-0.3, -0.25) is 0 Å². The van der Waals surface area contributed by atoms with E-state index in [0.29, 0.717) is 0 Å². The topological polar surface area (TPSA) is 49.8 Å². The Bertz CT molecular complexity index is 155. The second-order valence-electron chi connectivity index (χ2n) is 3.58. The summed E-state index contributed by atoms with van der Waals surface area (Å²) in [5, 5.41) is 8.62. The molecule has 2 N–H and O–H groups in total. The molecule has 2 unspecified atom stereocenters. The van der Waals surface area contributed by atoms with Gasteiger partial charge in [0, 0.05) is 11.5 Å². The molecule has 0 aliphatic heterocycles. The molecule has 0 amide bonds. The molecule has 2 nitrogen and oxygen atoms in total. The smallest absolute Gasteiger partial charge is 0.0656 e. The molecule has 0 spiro atoms. The number of nitrogens with zero attached hydrogens (tertiary/aromatic N) is 1. The van der Waals surface area contributed by atoms with Crippen LogP contribution in [0.4, 0.5) is 0 Å². The Balaban J connectivity index is 2.49. The molecule has 0 saturated heterocycles. The van der Waals surface area contributed by atoms with Crippen molar-refractivity contribution >= 4 is 0 Å². The zero-order valence-electron chi connectivity index (χ0n) is 6.43. The van der Waals surface area contributed by atoms with Crippen molar-refractivity contribution in [3.8, 4) is 6.07 Å². The van der Waals surface area contributed by atoms with E-state index in [-0.39, 0.29) is 11.5 Å². The highest BCUT2D eigenvalue weighted by Crippen LogP contribution is 2.29. The van der Waals surface area contributed by atoms with Crippen molar-refractivity contribution < 1.29 is 0 Å². The Morgan fingerprint density at radius 1 is 1.70 bits per heavy atom. The molecule has 2 heteroatoms. The summed E-state index contributed by atoms with van der Waals surface area (Å²) < 4.78 is 0. The lowest BCUT2D eigenvalue weighted by Gasteiger charge is -2.31. The fourth-order valence-corrected chi connectivity index (χ4v) is 1.63. The van der Waals surface area contributed by atoms with Crippen LogP contribution >= 0.6 is 0 Å². The van der Waals surface area contributed by atoms with Crippen LogP contribution in [0.15, 0.2) is 0 Å². The van der Waals surface area contributed by atoms with Gasteiger partial charge in [0.25, 0.3) is 0 Å². The largest absolute Gasteiger partial charge is 0.325 e. The van der Waals surface area contributed by atoms with Crippen LogP contribution in [0.3, 0.4) is 0 Å². The first-order chi connectivity index (χ1) is 4.64. The van der Waals surface area contributed by atoms with Gasteiger partial charge in [0.05, 0.1) is 6.07 Å². The summed E-state index contributed by atoms with van der Waals surface area (Å²) >= 11 is 0. The Morgan fingerprint density at radius 2 is 2.40 bits per heavy atom. The van der Waals surface area contributed by atoms with Gasteiger partial charge < -0.3 is 5.73 Å². The fraction of sp³-hybridized carbons (Fsp3) is 0.875. The van der Waals surface area contributed by atoms with Crippen molar-refractivity contribution in [3.63, 3.8) is 0 Å². The maximum atomic E-state index is 8.62. The van der Waals surface area contributed by atoms with E-state index in [4.69, 9.17) is 11.0 Å². The van der Waals surface area contributed by atoms with Crippen LogP contribution in [-0.4, -0.2) is 5.54 Å². The van der Waals surface area contributed by atoms with Crippen molar-refractivity contribution in [2.24, 2.45) is 11.7 Å². The number of nitriles is 1. The SMILES string of the molecule is CC1(N)CCCC(C#N)C1. The molecule has 0 bridgehead atoms. The van der Waals surface area contributed by atoms with Gasteiger partial charge in [-0.25, -0.2) is 0 Å². The van der Waals surface area contributed by atoms with E-state index in [1.807, 2.05) is 6.92 Å². The standard InChI is InChI=1S/C8H14N2/c1-8(10)4-2-3-7(5-8)6-9/h7H,2-5,10H2,1H3. The maximum Gasteiger partial charge on any atom is 0.0656 e. The Labute approximate surface area is 62.0 Å². The number of rotatable bonds is 0. The fourth-order valence-electron chi connectivity index (χ4n) is 1.63. The van der Waals surface area contributed by atoms with E-state index >= 15 is 0 Å². The van der Waals surface area contributed by atoms with Gasteiger partial charge in [0.2, 0.25) is 0 Å². The number of nitrogens with two attached hydrogens (primary N) is 1. The van der Waals surface area contributed by atoms with Crippen molar-refractivity contribution in [3.05, 3.63) is 0 Å². The Kier molecular flexibility index (Phi) is 1.96. The highest BCUT2D eigenvalue weighted by atomic mass is 14.7. The molecule has 10 heavy (non-hydrogen) atoms. The van der Waals surface area contributed by atoms with E-state index in [1.54, 1.807) is 0 Å². The van der Waals surface area contributed by atoms with Crippen molar-refractivity contribution in [1.29, 1.82) is 5.26 Å². The summed E-state index contributed by atoms with van der Waals surface area (Å²) in [6.45, 7) is 2.04. The summed E-state index contributed by atoms with van der Waals surface area (Å²) in [4.78, 5) is 0. The van der Waals surface area contributed by atoms with Gasteiger partial charge in [-0.2, -0.15) is 5.26 Å². The lowest BCUT2D eigenvalue weighted by molar-refractivity contribution is 0.279. The molecule has 0 aromatic heterocycles. The van der Waals surface area contributed by atoms with Gasteiger partial charge in [-0.1, -0.05) is 6.42 Å². The van der Waals surface area contributed by atoms with Gasteiger partial charge in [-0.15, -0.1) is 0 Å². The first-order valence-corrected chi connectivity index (χ1v) is 3.82. The first-order valence-electron chi connectivity index (χ1n) is 3.82. The average Bonchev–Trinajstić information content (AvgIpc) is 1.86. The van der Waals surface area contributed by atoms with Gasteiger partial charge in [0.1, 0.15) is 0 Å². The molecule has 56 valence electrons. The summed E-state index contributed by atoms with van der Waals surface area (Å²) in [7, 11) is 0. The van der Waals surface area contributed by atoms with E-state index in [9.17, 15) is 0 Å². The molecule has 1 rings (SSSR count). The maximum absolute atomic E-state index is 8.62. The lowest BCUT2D eigenvalue weighted by Crippen LogP contribution is -2.40. The zero-order chi connectivity index (χ0) is 7.61. The van der Waals surface area contributed by atoms with E-state index in [2.05, 4.69) is 6.07 Å². The molecule has 1 aliphatic rings. The molecular weight excluding hydrogens is 124 g/mol. The summed E-state index contributed by atoms with van der Waals surface area (Å²) in [6.07, 6.45) is 4.11. The minimum absolute atomic E-state index is 0.0708. The molecule has 1 saturated carbocycles. The molecule has 1 fully saturated rings. The van der Waals surface area contributed by atoms with Crippen LogP contribution < -0.4 is 5.73 Å². The average molecular weight is 138 g/mol. The Morgan fingerprint density at radius 3 is 2.80 bits per heavy atom. The summed E-state index contributed by atoms with van der Waals surface area (Å²) in [5.41, 5.74) is 5.82. The minimum Gasteiger partial charge on any atom is -0.325 e. The molecular formula is C8H14N2. The van der Waals surface area contributed by atoms with Crippen molar-refractivity contribution in [1.82, 2.24) is 0 Å². The van der Waals surface area contributed by atoms with Crippen LogP contribution in [0.1, 0.15) is 32.6 Å². The minimum atomic E-state index is -0.0708. The third kappa shape index (κ3) is 1.71.